The summed E-state index contributed by atoms with van der Waals surface area (Å²) < 4.78 is 10.4. The van der Waals surface area contributed by atoms with Gasteiger partial charge in [-0.25, -0.2) is 4.79 Å². The number of carbonyl (C=O) groups excluding carboxylic acids is 2. The number of esters is 1. The van der Waals surface area contributed by atoms with Crippen LogP contribution in [0.15, 0.2) is 28.9 Å². The van der Waals surface area contributed by atoms with E-state index in [1.807, 2.05) is 13.0 Å². The minimum absolute atomic E-state index is 0.262. The zero-order chi connectivity index (χ0) is 17.1. The summed E-state index contributed by atoms with van der Waals surface area (Å²) in [5.41, 5.74) is 1.25. The van der Waals surface area contributed by atoms with E-state index in [0.29, 0.717) is 16.6 Å². The van der Waals surface area contributed by atoms with Crippen molar-refractivity contribution < 1.29 is 18.7 Å². The summed E-state index contributed by atoms with van der Waals surface area (Å²) in [6, 6.07) is 5.20. The molecule has 0 aromatic carbocycles. The zero-order valence-electron chi connectivity index (χ0n) is 13.8. The SMILES string of the molecule is C[C@@H]1CCc2sc(C(=O)OCC(=O)N[C@H](C)c3ccco3)cc2C1. The second-order valence-electron chi connectivity index (χ2n) is 6.29. The molecule has 0 saturated heterocycles. The summed E-state index contributed by atoms with van der Waals surface area (Å²) >= 11 is 1.49. The van der Waals surface area contributed by atoms with E-state index in [1.165, 1.54) is 21.8 Å². The molecule has 0 radical (unpaired) electrons. The number of amides is 1. The summed E-state index contributed by atoms with van der Waals surface area (Å²) in [5.74, 6) is 0.546. The zero-order valence-corrected chi connectivity index (χ0v) is 14.7. The number of carbonyl (C=O) groups is 2. The van der Waals surface area contributed by atoms with Gasteiger partial charge in [0.2, 0.25) is 0 Å². The molecular weight excluding hydrogens is 326 g/mol. The molecular formula is C18H21NO4S. The minimum atomic E-state index is -0.428. The molecule has 0 fully saturated rings. The minimum Gasteiger partial charge on any atom is -0.467 e. The van der Waals surface area contributed by atoms with Crippen LogP contribution >= 0.6 is 11.3 Å². The van der Waals surface area contributed by atoms with E-state index >= 15 is 0 Å². The van der Waals surface area contributed by atoms with Crippen molar-refractivity contribution in [2.75, 3.05) is 6.61 Å². The Morgan fingerprint density at radius 2 is 2.33 bits per heavy atom. The Morgan fingerprint density at radius 1 is 1.50 bits per heavy atom. The number of hydrogen-bond acceptors (Lipinski definition) is 5. The molecule has 0 aliphatic heterocycles. The number of hydrogen-bond donors (Lipinski definition) is 1. The van der Waals surface area contributed by atoms with E-state index in [4.69, 9.17) is 9.15 Å². The van der Waals surface area contributed by atoms with Gasteiger partial charge >= 0.3 is 5.97 Å². The number of rotatable bonds is 5. The number of aryl methyl sites for hydroxylation is 1. The number of furan rings is 1. The van der Waals surface area contributed by atoms with Crippen molar-refractivity contribution in [2.24, 2.45) is 5.92 Å². The van der Waals surface area contributed by atoms with E-state index in [2.05, 4.69) is 12.2 Å². The molecule has 2 heterocycles. The first-order valence-electron chi connectivity index (χ1n) is 8.14. The van der Waals surface area contributed by atoms with Gasteiger partial charge in [-0.2, -0.15) is 0 Å². The van der Waals surface area contributed by atoms with Gasteiger partial charge in [-0.15, -0.1) is 11.3 Å². The molecule has 1 N–H and O–H groups in total. The average molecular weight is 347 g/mol. The largest absolute Gasteiger partial charge is 0.467 e. The molecule has 0 bridgehead atoms. The van der Waals surface area contributed by atoms with Crippen LogP contribution in [0.2, 0.25) is 0 Å². The molecule has 2 atom stereocenters. The van der Waals surface area contributed by atoms with E-state index in [-0.39, 0.29) is 18.6 Å². The van der Waals surface area contributed by atoms with Crippen LogP contribution in [0.1, 0.15) is 52.2 Å². The van der Waals surface area contributed by atoms with Crippen LogP contribution in [0.4, 0.5) is 0 Å². The molecule has 1 aliphatic carbocycles. The molecule has 1 amide bonds. The Hall–Kier alpha value is -2.08. The maximum absolute atomic E-state index is 12.2. The number of fused-ring (bicyclic) bond motifs is 1. The first-order valence-corrected chi connectivity index (χ1v) is 8.96. The predicted octanol–water partition coefficient (Wildman–Crippen LogP) is 3.50. The second kappa shape index (κ2) is 7.21. The number of ether oxygens (including phenoxy) is 1. The summed E-state index contributed by atoms with van der Waals surface area (Å²) in [4.78, 5) is 25.9. The first kappa shape index (κ1) is 16.8. The van der Waals surface area contributed by atoms with Gasteiger partial charge in [-0.05, 0) is 55.9 Å². The van der Waals surface area contributed by atoms with Crippen LogP contribution in [0.25, 0.3) is 0 Å². The average Bonchev–Trinajstić information content (AvgIpc) is 3.21. The van der Waals surface area contributed by atoms with Crippen LogP contribution in [0, 0.1) is 5.92 Å². The van der Waals surface area contributed by atoms with Crippen LogP contribution in [-0.4, -0.2) is 18.5 Å². The highest BCUT2D eigenvalue weighted by molar-refractivity contribution is 7.14. The summed E-state index contributed by atoms with van der Waals surface area (Å²) in [6.45, 7) is 3.75. The lowest BCUT2D eigenvalue weighted by Crippen LogP contribution is -2.30. The maximum Gasteiger partial charge on any atom is 0.348 e. The summed E-state index contributed by atoms with van der Waals surface area (Å²) in [6.07, 6.45) is 4.75. The quantitative estimate of drug-likeness (QED) is 0.841. The normalized spacial score (nSPS) is 17.8. The molecule has 2 aromatic heterocycles. The van der Waals surface area contributed by atoms with Crippen molar-refractivity contribution in [1.82, 2.24) is 5.32 Å². The van der Waals surface area contributed by atoms with Gasteiger partial charge in [-0.1, -0.05) is 6.92 Å². The lowest BCUT2D eigenvalue weighted by Gasteiger charge is -2.16. The van der Waals surface area contributed by atoms with Gasteiger partial charge in [-0.3, -0.25) is 4.79 Å². The first-order chi connectivity index (χ1) is 11.5. The third-order valence-corrected chi connectivity index (χ3v) is 5.43. The summed E-state index contributed by atoms with van der Waals surface area (Å²) in [7, 11) is 0. The smallest absolute Gasteiger partial charge is 0.348 e. The lowest BCUT2D eigenvalue weighted by atomic mass is 9.90. The number of nitrogens with one attached hydrogen (secondary N) is 1. The van der Waals surface area contributed by atoms with Gasteiger partial charge in [0.05, 0.1) is 12.3 Å². The van der Waals surface area contributed by atoms with E-state index in [0.717, 1.165) is 19.3 Å². The molecule has 3 rings (SSSR count). The van der Waals surface area contributed by atoms with Crippen molar-refractivity contribution in [3.05, 3.63) is 45.5 Å². The fourth-order valence-electron chi connectivity index (χ4n) is 2.90. The van der Waals surface area contributed by atoms with E-state index in [9.17, 15) is 9.59 Å². The molecule has 1 aliphatic rings. The molecule has 5 nitrogen and oxygen atoms in total. The Labute approximate surface area is 145 Å². The van der Waals surface area contributed by atoms with Crippen LogP contribution in [0.3, 0.4) is 0 Å². The maximum atomic E-state index is 12.2. The molecule has 6 heteroatoms. The second-order valence-corrected chi connectivity index (χ2v) is 7.42. The van der Waals surface area contributed by atoms with Crippen molar-refractivity contribution in [1.29, 1.82) is 0 Å². The highest BCUT2D eigenvalue weighted by Crippen LogP contribution is 2.32. The van der Waals surface area contributed by atoms with Crippen LogP contribution in [-0.2, 0) is 22.4 Å². The van der Waals surface area contributed by atoms with E-state index < -0.39 is 5.97 Å². The summed E-state index contributed by atoms with van der Waals surface area (Å²) in [5, 5.41) is 2.74. The van der Waals surface area contributed by atoms with Crippen molar-refractivity contribution >= 4 is 23.2 Å². The number of thiophene rings is 1. The fraction of sp³-hybridized carbons (Fsp3) is 0.444. The van der Waals surface area contributed by atoms with E-state index in [1.54, 1.807) is 18.4 Å². The Bertz CT molecular complexity index is 719. The third kappa shape index (κ3) is 3.87. The Balaban J connectivity index is 1.51. The highest BCUT2D eigenvalue weighted by atomic mass is 32.1. The molecule has 24 heavy (non-hydrogen) atoms. The van der Waals surface area contributed by atoms with Crippen molar-refractivity contribution in [3.8, 4) is 0 Å². The van der Waals surface area contributed by atoms with Crippen molar-refractivity contribution in [3.63, 3.8) is 0 Å². The monoisotopic (exact) mass is 347 g/mol. The van der Waals surface area contributed by atoms with Crippen LogP contribution in [0.5, 0.6) is 0 Å². The molecule has 0 spiro atoms. The standard InChI is InChI=1S/C18H21NO4S/c1-11-5-6-15-13(8-11)9-16(24-15)18(21)23-10-17(20)19-12(2)14-4-3-7-22-14/h3-4,7,9,11-12H,5-6,8,10H2,1-2H3,(H,19,20)/t11-,12-/m1/s1. The fourth-order valence-corrected chi connectivity index (χ4v) is 4.00. The third-order valence-electron chi connectivity index (χ3n) is 4.21. The molecule has 128 valence electrons. The van der Waals surface area contributed by atoms with Gasteiger partial charge in [0.1, 0.15) is 10.6 Å². The van der Waals surface area contributed by atoms with Gasteiger partial charge in [0, 0.05) is 4.88 Å². The van der Waals surface area contributed by atoms with Gasteiger partial charge in [0.15, 0.2) is 6.61 Å². The van der Waals surface area contributed by atoms with Gasteiger partial charge in [0.25, 0.3) is 5.91 Å². The topological polar surface area (TPSA) is 68.5 Å². The molecule has 0 saturated carbocycles. The Morgan fingerprint density at radius 3 is 3.08 bits per heavy atom. The Kier molecular flexibility index (Phi) is 5.04. The predicted molar refractivity (Wildman–Crippen MR) is 91.1 cm³/mol. The molecule has 0 unspecified atom stereocenters. The lowest BCUT2D eigenvalue weighted by molar-refractivity contribution is -0.125. The molecule has 2 aromatic rings. The van der Waals surface area contributed by atoms with Crippen molar-refractivity contribution in [2.45, 2.75) is 39.2 Å². The van der Waals surface area contributed by atoms with Crippen LogP contribution < -0.4 is 5.32 Å². The van der Waals surface area contributed by atoms with Gasteiger partial charge < -0.3 is 14.5 Å². The highest BCUT2D eigenvalue weighted by Gasteiger charge is 2.22.